The van der Waals surface area contributed by atoms with E-state index in [0.717, 1.165) is 18.8 Å². The van der Waals surface area contributed by atoms with Gasteiger partial charge < -0.3 is 5.32 Å². The van der Waals surface area contributed by atoms with Gasteiger partial charge in [-0.1, -0.05) is 0 Å². The van der Waals surface area contributed by atoms with Crippen LogP contribution in [-0.4, -0.2) is 18.1 Å². The zero-order valence-electron chi connectivity index (χ0n) is 8.34. The molecule has 1 aliphatic rings. The van der Waals surface area contributed by atoms with Crippen molar-refractivity contribution in [3.8, 4) is 12.3 Å². The van der Waals surface area contributed by atoms with Gasteiger partial charge in [-0.05, 0) is 38.8 Å². The number of hydrogen-bond acceptors (Lipinski definition) is 3. The maximum Gasteiger partial charge on any atom is 0.127 e. The highest BCUT2D eigenvalue weighted by Crippen LogP contribution is 2.30. The molecule has 0 radical (unpaired) electrons. The van der Waals surface area contributed by atoms with Crippen molar-refractivity contribution in [2.45, 2.75) is 25.7 Å². The number of terminal acetylenes is 1. The van der Waals surface area contributed by atoms with Crippen LogP contribution < -0.4 is 5.32 Å². The Hall–Kier alpha value is -0.850. The van der Waals surface area contributed by atoms with Gasteiger partial charge in [0.05, 0.1) is 5.01 Å². The van der Waals surface area contributed by atoms with E-state index in [2.05, 4.69) is 23.1 Å². The van der Waals surface area contributed by atoms with Gasteiger partial charge in [0, 0.05) is 10.8 Å². The standard InChI is InChI=1S/C11H14N2S/c1-3-10-8(2)14-11(13-10)9-4-6-12-7-5-9/h1,9,12H,4-7H2,2H3. The molecule has 0 saturated carbocycles. The fourth-order valence-electron chi connectivity index (χ4n) is 1.79. The summed E-state index contributed by atoms with van der Waals surface area (Å²) >= 11 is 1.76. The molecule has 1 aromatic rings. The molecule has 2 rings (SSSR count). The van der Waals surface area contributed by atoms with Crippen molar-refractivity contribution in [3.63, 3.8) is 0 Å². The number of nitrogens with one attached hydrogen (secondary N) is 1. The summed E-state index contributed by atoms with van der Waals surface area (Å²) in [5.74, 6) is 3.27. The van der Waals surface area contributed by atoms with Crippen molar-refractivity contribution in [1.82, 2.24) is 10.3 Å². The van der Waals surface area contributed by atoms with Crippen LogP contribution in [0.4, 0.5) is 0 Å². The van der Waals surface area contributed by atoms with E-state index in [9.17, 15) is 0 Å². The number of hydrogen-bond donors (Lipinski definition) is 1. The van der Waals surface area contributed by atoms with Crippen LogP contribution in [0.2, 0.25) is 0 Å². The first-order valence-corrected chi connectivity index (χ1v) is 5.77. The summed E-state index contributed by atoms with van der Waals surface area (Å²) in [7, 11) is 0. The molecule has 1 aromatic heterocycles. The summed E-state index contributed by atoms with van der Waals surface area (Å²) in [6.45, 7) is 4.26. The predicted octanol–water partition coefficient (Wildman–Crippen LogP) is 1.90. The monoisotopic (exact) mass is 206 g/mol. The molecule has 14 heavy (non-hydrogen) atoms. The molecular weight excluding hydrogens is 192 g/mol. The number of piperidine rings is 1. The molecule has 2 heterocycles. The van der Waals surface area contributed by atoms with E-state index in [1.54, 1.807) is 11.3 Å². The molecule has 1 saturated heterocycles. The fraction of sp³-hybridized carbons (Fsp3) is 0.545. The molecule has 0 atom stereocenters. The number of rotatable bonds is 1. The molecule has 0 bridgehead atoms. The topological polar surface area (TPSA) is 24.9 Å². The molecule has 0 amide bonds. The zero-order chi connectivity index (χ0) is 9.97. The molecule has 2 nitrogen and oxygen atoms in total. The summed E-state index contributed by atoms with van der Waals surface area (Å²) in [4.78, 5) is 5.69. The molecule has 0 aliphatic carbocycles. The average molecular weight is 206 g/mol. The van der Waals surface area contributed by atoms with Gasteiger partial charge in [0.1, 0.15) is 5.69 Å². The van der Waals surface area contributed by atoms with Crippen LogP contribution in [-0.2, 0) is 0 Å². The molecule has 1 fully saturated rings. The smallest absolute Gasteiger partial charge is 0.127 e. The minimum absolute atomic E-state index is 0.627. The Labute approximate surface area is 88.8 Å². The van der Waals surface area contributed by atoms with Gasteiger partial charge in [0.2, 0.25) is 0 Å². The molecular formula is C11H14N2S. The lowest BCUT2D eigenvalue weighted by Gasteiger charge is -2.20. The second kappa shape index (κ2) is 4.12. The van der Waals surface area contributed by atoms with Crippen LogP contribution >= 0.6 is 11.3 Å². The molecule has 1 aliphatic heterocycles. The summed E-state index contributed by atoms with van der Waals surface area (Å²) in [5, 5.41) is 4.59. The highest BCUT2D eigenvalue weighted by molar-refractivity contribution is 7.11. The van der Waals surface area contributed by atoms with E-state index in [1.807, 2.05) is 0 Å². The predicted molar refractivity (Wildman–Crippen MR) is 59.6 cm³/mol. The summed E-state index contributed by atoms with van der Waals surface area (Å²) in [5.41, 5.74) is 0.837. The Bertz CT molecular complexity index is 356. The third-order valence-corrected chi connectivity index (χ3v) is 3.77. The summed E-state index contributed by atoms with van der Waals surface area (Å²) < 4.78 is 0. The maximum absolute atomic E-state index is 5.38. The van der Waals surface area contributed by atoms with Crippen LogP contribution in [0.15, 0.2) is 0 Å². The Morgan fingerprint density at radius 2 is 2.21 bits per heavy atom. The minimum atomic E-state index is 0.627. The third-order valence-electron chi connectivity index (χ3n) is 2.64. The fourth-order valence-corrected chi connectivity index (χ4v) is 2.85. The van der Waals surface area contributed by atoms with Gasteiger partial charge in [0.25, 0.3) is 0 Å². The van der Waals surface area contributed by atoms with E-state index in [0.29, 0.717) is 5.92 Å². The first-order valence-electron chi connectivity index (χ1n) is 4.96. The Morgan fingerprint density at radius 1 is 1.50 bits per heavy atom. The summed E-state index contributed by atoms with van der Waals surface area (Å²) in [6.07, 6.45) is 7.76. The van der Waals surface area contributed by atoms with E-state index in [-0.39, 0.29) is 0 Å². The summed E-state index contributed by atoms with van der Waals surface area (Å²) in [6, 6.07) is 0. The van der Waals surface area contributed by atoms with Crippen molar-refractivity contribution >= 4 is 11.3 Å². The molecule has 3 heteroatoms. The third kappa shape index (κ3) is 1.82. The van der Waals surface area contributed by atoms with E-state index in [1.165, 1.54) is 22.7 Å². The van der Waals surface area contributed by atoms with Crippen molar-refractivity contribution < 1.29 is 0 Å². The van der Waals surface area contributed by atoms with Gasteiger partial charge in [-0.25, -0.2) is 4.98 Å². The second-order valence-electron chi connectivity index (χ2n) is 3.63. The van der Waals surface area contributed by atoms with E-state index in [4.69, 9.17) is 6.42 Å². The molecule has 0 spiro atoms. The minimum Gasteiger partial charge on any atom is -0.317 e. The zero-order valence-corrected chi connectivity index (χ0v) is 9.16. The number of aryl methyl sites for hydroxylation is 1. The highest BCUT2D eigenvalue weighted by atomic mass is 32.1. The number of thiazole rings is 1. The van der Waals surface area contributed by atoms with Crippen LogP contribution in [0.3, 0.4) is 0 Å². The largest absolute Gasteiger partial charge is 0.317 e. The van der Waals surface area contributed by atoms with Crippen molar-refractivity contribution in [1.29, 1.82) is 0 Å². The van der Waals surface area contributed by atoms with Gasteiger partial charge in [0.15, 0.2) is 0 Å². The SMILES string of the molecule is C#Cc1nc(C2CCNCC2)sc1C. The van der Waals surface area contributed by atoms with Crippen LogP contribution in [0.1, 0.15) is 34.3 Å². The Kier molecular flexibility index (Phi) is 2.85. The molecule has 0 unspecified atom stereocenters. The van der Waals surface area contributed by atoms with Crippen molar-refractivity contribution in [3.05, 3.63) is 15.6 Å². The van der Waals surface area contributed by atoms with Crippen molar-refractivity contribution in [2.75, 3.05) is 13.1 Å². The molecule has 74 valence electrons. The first kappa shape index (κ1) is 9.70. The van der Waals surface area contributed by atoms with Gasteiger partial charge >= 0.3 is 0 Å². The molecule has 1 N–H and O–H groups in total. The normalized spacial score (nSPS) is 18.0. The molecule has 0 aromatic carbocycles. The van der Waals surface area contributed by atoms with Gasteiger partial charge in [-0.15, -0.1) is 17.8 Å². The second-order valence-corrected chi connectivity index (χ2v) is 4.86. The lowest BCUT2D eigenvalue weighted by molar-refractivity contribution is 0.459. The number of aromatic nitrogens is 1. The van der Waals surface area contributed by atoms with Gasteiger partial charge in [-0.3, -0.25) is 0 Å². The van der Waals surface area contributed by atoms with Crippen molar-refractivity contribution in [2.24, 2.45) is 0 Å². The van der Waals surface area contributed by atoms with Crippen LogP contribution in [0, 0.1) is 19.3 Å². The van der Waals surface area contributed by atoms with Crippen LogP contribution in [0.25, 0.3) is 0 Å². The average Bonchev–Trinajstić information content (AvgIpc) is 2.61. The van der Waals surface area contributed by atoms with E-state index < -0.39 is 0 Å². The highest BCUT2D eigenvalue weighted by Gasteiger charge is 2.19. The first-order chi connectivity index (χ1) is 6.81. The Morgan fingerprint density at radius 3 is 2.79 bits per heavy atom. The lowest BCUT2D eigenvalue weighted by Crippen LogP contribution is -2.26. The van der Waals surface area contributed by atoms with Crippen LogP contribution in [0.5, 0.6) is 0 Å². The number of nitrogens with zero attached hydrogens (tertiary/aromatic N) is 1. The quantitative estimate of drug-likeness (QED) is 0.710. The maximum atomic E-state index is 5.38. The van der Waals surface area contributed by atoms with Gasteiger partial charge in [-0.2, -0.15) is 0 Å². The van der Waals surface area contributed by atoms with E-state index >= 15 is 0 Å². The lowest BCUT2D eigenvalue weighted by atomic mass is 9.99. The Balaban J connectivity index is 2.19.